The lowest BCUT2D eigenvalue weighted by Crippen LogP contribution is -2.34. The Morgan fingerprint density at radius 2 is 1.50 bits per heavy atom. The first-order valence-electron chi connectivity index (χ1n) is 3.88. The van der Waals surface area contributed by atoms with Gasteiger partial charge in [-0.1, -0.05) is 0 Å². The maximum absolute atomic E-state index is 10.7. The molecule has 108 valence electrons. The lowest BCUT2D eigenvalue weighted by molar-refractivity contribution is -0.143. The molecule has 10 N–H and O–H groups in total. The first-order chi connectivity index (χ1) is 7.72. The Kier molecular flexibility index (Phi) is 8.19. The molecule has 0 aliphatic carbocycles. The number of aliphatic carboxylic acids is 1. The summed E-state index contributed by atoms with van der Waals surface area (Å²) in [4.78, 5) is 43.9. The molecule has 0 amide bonds. The molecule has 0 aromatic carbocycles. The van der Waals surface area contributed by atoms with Crippen molar-refractivity contribution in [2.75, 3.05) is 0 Å². The zero-order valence-corrected chi connectivity index (χ0v) is 10.5. The molecule has 0 saturated carbocycles. The normalized spacial score (nSPS) is 15.7. The Labute approximate surface area is 101 Å². The van der Waals surface area contributed by atoms with Gasteiger partial charge in [-0.3, -0.25) is 4.79 Å². The molecule has 0 radical (unpaired) electrons. The minimum Gasteiger partial charge on any atom is -0.481 e. The Morgan fingerprint density at radius 1 is 1.17 bits per heavy atom. The summed E-state index contributed by atoms with van der Waals surface area (Å²) in [5.74, 6) is -2.65. The fourth-order valence-electron chi connectivity index (χ4n) is 0.468. The van der Waals surface area contributed by atoms with E-state index in [4.69, 9.17) is 30.1 Å². The Balaban J connectivity index is 0. The number of nitrogens with two attached hydrogens (primary N) is 3. The van der Waals surface area contributed by atoms with Crippen molar-refractivity contribution in [2.45, 2.75) is 12.5 Å². The van der Waals surface area contributed by atoms with Crippen LogP contribution in [0.25, 0.3) is 0 Å². The zero-order chi connectivity index (χ0) is 15.1. The summed E-state index contributed by atoms with van der Waals surface area (Å²) >= 11 is 0. The molecule has 0 heterocycles. The molecule has 12 nitrogen and oxygen atoms in total. The standard InChI is InChI=1S/C4H9N2O6P.H4NO3P/c5-2(1-3(7)8)4(9)12-13(6,10)11;1-5(2,3)4/h2H,1,5H2,(H,7,8)(H3,6,10,11);(H4,1,2,3,4)/t2-;/m0./s1. The van der Waals surface area contributed by atoms with Gasteiger partial charge in [-0.25, -0.2) is 24.9 Å². The second kappa shape index (κ2) is 7.56. The van der Waals surface area contributed by atoms with Crippen molar-refractivity contribution in [3.8, 4) is 0 Å². The Hall–Kier alpha value is -0.840. The van der Waals surface area contributed by atoms with Crippen molar-refractivity contribution < 1.29 is 43.0 Å². The van der Waals surface area contributed by atoms with E-state index in [-0.39, 0.29) is 0 Å². The quantitative estimate of drug-likeness (QED) is 0.265. The summed E-state index contributed by atoms with van der Waals surface area (Å²) in [5, 5.41) is 8.18. The van der Waals surface area contributed by atoms with Crippen molar-refractivity contribution in [2.24, 2.45) is 16.7 Å². The van der Waals surface area contributed by atoms with Crippen LogP contribution < -0.4 is 16.7 Å². The SMILES string of the molecule is NP(=O)(O)O.N[C@@H](CC(=O)O)C(=O)OP(N)(=O)O. The van der Waals surface area contributed by atoms with Crippen molar-refractivity contribution in [3.63, 3.8) is 0 Å². The predicted molar refractivity (Wildman–Crippen MR) is 56.6 cm³/mol. The van der Waals surface area contributed by atoms with Gasteiger partial charge >= 0.3 is 27.4 Å². The van der Waals surface area contributed by atoms with Gasteiger partial charge in [-0.2, -0.15) is 0 Å². The molecule has 0 aromatic heterocycles. The third kappa shape index (κ3) is 20.6. The molecule has 14 heteroatoms. The largest absolute Gasteiger partial charge is 0.481 e. The summed E-state index contributed by atoms with van der Waals surface area (Å²) < 4.78 is 23.2. The Morgan fingerprint density at radius 3 is 1.72 bits per heavy atom. The highest BCUT2D eigenvalue weighted by Gasteiger charge is 2.25. The highest BCUT2D eigenvalue weighted by Crippen LogP contribution is 2.31. The van der Waals surface area contributed by atoms with Crippen LogP contribution in [0.1, 0.15) is 6.42 Å². The van der Waals surface area contributed by atoms with Crippen molar-refractivity contribution in [1.82, 2.24) is 0 Å². The monoisotopic (exact) mass is 309 g/mol. The topological polar surface area (TPSA) is 236 Å². The number of carbonyl (C=O) groups excluding carboxylic acids is 1. The van der Waals surface area contributed by atoms with Gasteiger partial charge in [0.15, 0.2) is 0 Å². The number of carboxylic acids is 1. The van der Waals surface area contributed by atoms with E-state index < -0.39 is 39.9 Å². The zero-order valence-electron chi connectivity index (χ0n) is 8.74. The van der Waals surface area contributed by atoms with E-state index in [0.29, 0.717) is 0 Å². The second-order valence-electron chi connectivity index (χ2n) is 2.77. The molecule has 0 aromatic rings. The van der Waals surface area contributed by atoms with Gasteiger partial charge in [0.25, 0.3) is 0 Å². The first-order valence-corrected chi connectivity index (χ1v) is 7.21. The van der Waals surface area contributed by atoms with Gasteiger partial charge < -0.3 is 30.0 Å². The maximum atomic E-state index is 10.7. The first kappa shape index (κ1) is 19.5. The fourth-order valence-corrected chi connectivity index (χ4v) is 0.861. The van der Waals surface area contributed by atoms with Gasteiger partial charge in [0, 0.05) is 0 Å². The van der Waals surface area contributed by atoms with Crippen molar-refractivity contribution in [1.29, 1.82) is 0 Å². The number of hydrogen-bond acceptors (Lipinski definition) is 6. The fraction of sp³-hybridized carbons (Fsp3) is 0.500. The molecule has 0 rings (SSSR count). The highest BCUT2D eigenvalue weighted by molar-refractivity contribution is 7.50. The average Bonchev–Trinajstić information content (AvgIpc) is 1.95. The van der Waals surface area contributed by atoms with Gasteiger partial charge in [0.1, 0.15) is 6.04 Å². The summed E-state index contributed by atoms with van der Waals surface area (Å²) in [6.45, 7) is 0. The number of carbonyl (C=O) groups is 2. The molecule has 0 saturated heterocycles. The molecule has 2 atom stereocenters. The molecule has 0 fully saturated rings. The van der Waals surface area contributed by atoms with E-state index in [0.717, 1.165) is 0 Å². The van der Waals surface area contributed by atoms with Gasteiger partial charge in [-0.15, -0.1) is 0 Å². The third-order valence-corrected chi connectivity index (χ3v) is 1.36. The summed E-state index contributed by atoms with van der Waals surface area (Å²) in [6.07, 6.45) is -0.696. The van der Waals surface area contributed by atoms with Crippen molar-refractivity contribution in [3.05, 3.63) is 0 Å². The number of hydrogen-bond donors (Lipinski definition) is 7. The number of carboxylic acid groups (broad SMARTS) is 1. The van der Waals surface area contributed by atoms with Crippen LogP contribution in [-0.2, 0) is 23.2 Å². The molecule has 0 spiro atoms. The van der Waals surface area contributed by atoms with Crippen LogP contribution in [0.4, 0.5) is 0 Å². The molecular formula is C4H13N3O9P2. The van der Waals surface area contributed by atoms with Gasteiger partial charge in [0.05, 0.1) is 6.42 Å². The van der Waals surface area contributed by atoms with Gasteiger partial charge in [0.2, 0.25) is 0 Å². The van der Waals surface area contributed by atoms with Crippen LogP contribution in [0, 0.1) is 0 Å². The van der Waals surface area contributed by atoms with E-state index in [9.17, 15) is 14.2 Å². The lowest BCUT2D eigenvalue weighted by Gasteiger charge is -2.09. The summed E-state index contributed by atoms with van der Waals surface area (Å²) in [7, 11) is -8.58. The van der Waals surface area contributed by atoms with Crippen LogP contribution in [0.3, 0.4) is 0 Å². The molecule has 1 unspecified atom stereocenters. The van der Waals surface area contributed by atoms with Crippen LogP contribution in [0.2, 0.25) is 0 Å². The maximum Gasteiger partial charge on any atom is 0.455 e. The van der Waals surface area contributed by atoms with Crippen LogP contribution >= 0.6 is 15.5 Å². The van der Waals surface area contributed by atoms with Crippen molar-refractivity contribution >= 4 is 27.4 Å². The molecule has 0 bridgehead atoms. The molecular weight excluding hydrogens is 296 g/mol. The van der Waals surface area contributed by atoms with Crippen LogP contribution in [-0.4, -0.2) is 37.8 Å². The second-order valence-corrected chi connectivity index (χ2v) is 5.26. The third-order valence-electron chi connectivity index (χ3n) is 0.918. The minimum absolute atomic E-state index is 0.696. The average molecular weight is 309 g/mol. The lowest BCUT2D eigenvalue weighted by atomic mass is 10.2. The molecule has 18 heavy (non-hydrogen) atoms. The smallest absolute Gasteiger partial charge is 0.455 e. The predicted octanol–water partition coefficient (Wildman–Crippen LogP) is -2.57. The van der Waals surface area contributed by atoms with Crippen LogP contribution in [0.15, 0.2) is 0 Å². The summed E-state index contributed by atoms with van der Waals surface area (Å²) in [6, 6.07) is -1.50. The van der Waals surface area contributed by atoms with E-state index in [2.05, 4.69) is 15.5 Å². The Bertz CT molecular complexity index is 377. The van der Waals surface area contributed by atoms with E-state index in [1.807, 2.05) is 0 Å². The number of rotatable bonds is 4. The van der Waals surface area contributed by atoms with E-state index in [1.54, 1.807) is 0 Å². The van der Waals surface area contributed by atoms with E-state index >= 15 is 0 Å². The minimum atomic E-state index is -4.44. The summed E-state index contributed by atoms with van der Waals surface area (Å²) in [5.41, 5.74) is 13.5. The molecule has 0 aliphatic heterocycles. The highest BCUT2D eigenvalue weighted by atomic mass is 31.2. The van der Waals surface area contributed by atoms with E-state index in [1.165, 1.54) is 0 Å². The van der Waals surface area contributed by atoms with Crippen LogP contribution in [0.5, 0.6) is 0 Å². The van der Waals surface area contributed by atoms with Gasteiger partial charge in [-0.05, 0) is 0 Å². The molecule has 0 aliphatic rings.